The highest BCUT2D eigenvalue weighted by molar-refractivity contribution is 7.10. The molecule has 12 heteroatoms. The second-order valence-corrected chi connectivity index (χ2v) is 12.2. The molecular weight excluding hydrogens is 610 g/mol. The SMILES string of the molecule is CN1CCCC1.COc1nc(N2CCN(C(=O)/C(F)=C/c3nccs3)CC2)c2ccc(-c3cc(O)cc4ccccc34)c(F)c2n1. The molecule has 0 atom stereocenters. The van der Waals surface area contributed by atoms with Crippen LogP contribution in [-0.4, -0.2) is 89.2 Å². The molecule has 238 valence electrons. The molecule has 2 aromatic heterocycles. The van der Waals surface area contributed by atoms with E-state index in [1.807, 2.05) is 29.2 Å². The summed E-state index contributed by atoms with van der Waals surface area (Å²) in [5.41, 5.74) is 0.890. The summed E-state index contributed by atoms with van der Waals surface area (Å²) in [6, 6.07) is 14.0. The lowest BCUT2D eigenvalue weighted by Gasteiger charge is -2.35. The number of likely N-dealkylation sites (tertiary alicyclic amines) is 1. The molecule has 0 radical (unpaired) electrons. The van der Waals surface area contributed by atoms with Gasteiger partial charge in [-0.2, -0.15) is 9.97 Å². The molecule has 46 heavy (non-hydrogen) atoms. The van der Waals surface area contributed by atoms with Crippen LogP contribution < -0.4 is 9.64 Å². The fourth-order valence-corrected chi connectivity index (χ4v) is 6.36. The maximum atomic E-state index is 16.1. The quantitative estimate of drug-likeness (QED) is 0.229. The number of anilines is 1. The summed E-state index contributed by atoms with van der Waals surface area (Å²) in [6.45, 7) is 3.85. The van der Waals surface area contributed by atoms with Crippen LogP contribution in [0.5, 0.6) is 11.8 Å². The first-order valence-electron chi connectivity index (χ1n) is 15.1. The van der Waals surface area contributed by atoms with E-state index in [1.54, 1.807) is 29.8 Å². The van der Waals surface area contributed by atoms with Crippen molar-refractivity contribution in [2.24, 2.45) is 0 Å². The molecule has 2 aliphatic rings. The number of nitrogens with zero attached hydrogens (tertiary/aromatic N) is 6. The Kier molecular flexibility index (Phi) is 9.36. The van der Waals surface area contributed by atoms with Crippen LogP contribution in [0.2, 0.25) is 0 Å². The summed E-state index contributed by atoms with van der Waals surface area (Å²) in [5, 5.41) is 14.5. The van der Waals surface area contributed by atoms with Gasteiger partial charge in [0.1, 0.15) is 22.1 Å². The number of halogens is 2. The van der Waals surface area contributed by atoms with Crippen LogP contribution in [0.15, 0.2) is 65.9 Å². The molecule has 4 heterocycles. The van der Waals surface area contributed by atoms with E-state index in [1.165, 1.54) is 55.3 Å². The standard InChI is InChI=1S/C29H23F2N5O3S.C5H11N/c1-39-29-33-26-21(7-6-20(25(26)31)22-15-18(37)14-17-4-2-3-5-19(17)22)27(34-29)35-9-11-36(12-10-35)28(38)23(30)16-24-32-8-13-40-24;1-6-4-2-3-5-6/h2-8,13-16,37H,9-12H2,1H3;2-5H2,1H3/b23-16-;. The highest BCUT2D eigenvalue weighted by atomic mass is 32.1. The van der Waals surface area contributed by atoms with Gasteiger partial charge in [-0.05, 0) is 67.5 Å². The molecule has 3 aromatic carbocycles. The number of aromatic hydroxyl groups is 1. The van der Waals surface area contributed by atoms with E-state index in [0.29, 0.717) is 34.9 Å². The van der Waals surface area contributed by atoms with E-state index in [9.17, 15) is 14.3 Å². The van der Waals surface area contributed by atoms with Crippen molar-refractivity contribution in [3.63, 3.8) is 0 Å². The normalized spacial score (nSPS) is 15.7. The number of amides is 1. The number of benzene rings is 3. The average molecular weight is 645 g/mol. The molecule has 0 saturated carbocycles. The Balaban J connectivity index is 0.000000557. The number of phenols is 1. The Labute approximate surface area is 269 Å². The number of aromatic nitrogens is 3. The number of thiazole rings is 1. The van der Waals surface area contributed by atoms with Crippen LogP contribution in [0, 0.1) is 5.82 Å². The van der Waals surface area contributed by atoms with Crippen molar-refractivity contribution in [3.05, 3.63) is 76.8 Å². The lowest BCUT2D eigenvalue weighted by atomic mass is 9.96. The fourth-order valence-electron chi connectivity index (χ4n) is 5.81. The van der Waals surface area contributed by atoms with Crippen LogP contribution in [0.3, 0.4) is 0 Å². The van der Waals surface area contributed by atoms with Crippen molar-refractivity contribution < 1.29 is 23.4 Å². The highest BCUT2D eigenvalue weighted by Gasteiger charge is 2.27. The zero-order valence-corrected chi connectivity index (χ0v) is 26.4. The minimum absolute atomic E-state index is 0.00440. The zero-order valence-electron chi connectivity index (χ0n) is 25.6. The van der Waals surface area contributed by atoms with Gasteiger partial charge in [-0.1, -0.05) is 30.3 Å². The summed E-state index contributed by atoms with van der Waals surface area (Å²) in [5.74, 6) is -1.66. The first-order valence-corrected chi connectivity index (χ1v) is 16.0. The monoisotopic (exact) mass is 644 g/mol. The third kappa shape index (κ3) is 6.63. The zero-order chi connectivity index (χ0) is 32.2. The molecular formula is C34H34F2N6O3S. The average Bonchev–Trinajstić information content (AvgIpc) is 3.78. The second kappa shape index (κ2) is 13.8. The maximum absolute atomic E-state index is 16.1. The third-order valence-electron chi connectivity index (χ3n) is 8.19. The third-order valence-corrected chi connectivity index (χ3v) is 8.91. The van der Waals surface area contributed by atoms with E-state index in [2.05, 4.69) is 26.9 Å². The smallest absolute Gasteiger partial charge is 0.318 e. The van der Waals surface area contributed by atoms with Crippen molar-refractivity contribution in [1.29, 1.82) is 0 Å². The van der Waals surface area contributed by atoms with E-state index < -0.39 is 17.6 Å². The van der Waals surface area contributed by atoms with Gasteiger partial charge < -0.3 is 24.5 Å². The Bertz CT molecular complexity index is 1890. The molecule has 2 fully saturated rings. The molecule has 7 rings (SSSR count). The number of hydrogen-bond donors (Lipinski definition) is 1. The van der Waals surface area contributed by atoms with Crippen LogP contribution in [0.25, 0.3) is 38.9 Å². The van der Waals surface area contributed by atoms with Gasteiger partial charge in [0.05, 0.1) is 7.11 Å². The predicted octanol–water partition coefficient (Wildman–Crippen LogP) is 6.13. The number of ether oxygens (including phenoxy) is 1. The lowest BCUT2D eigenvalue weighted by molar-refractivity contribution is -0.128. The Morgan fingerprint density at radius 2 is 1.74 bits per heavy atom. The van der Waals surface area contributed by atoms with Gasteiger partial charge in [0.2, 0.25) is 0 Å². The van der Waals surface area contributed by atoms with E-state index in [-0.39, 0.29) is 35.9 Å². The number of carbonyl (C=O) groups is 1. The van der Waals surface area contributed by atoms with E-state index in [0.717, 1.165) is 16.8 Å². The number of carbonyl (C=O) groups excluding carboxylic acids is 1. The van der Waals surface area contributed by atoms with Crippen LogP contribution >= 0.6 is 11.3 Å². The second-order valence-electron chi connectivity index (χ2n) is 11.2. The van der Waals surface area contributed by atoms with Crippen molar-refractivity contribution in [2.45, 2.75) is 12.8 Å². The molecule has 2 aliphatic heterocycles. The number of phenolic OH excluding ortho intramolecular Hbond substituents is 1. The molecule has 5 aromatic rings. The van der Waals surface area contributed by atoms with Gasteiger partial charge in [0.15, 0.2) is 11.6 Å². The minimum Gasteiger partial charge on any atom is -0.508 e. The molecule has 1 N–H and O–H groups in total. The number of methoxy groups -OCH3 is 1. The fraction of sp³-hybridized carbons (Fsp3) is 0.294. The van der Waals surface area contributed by atoms with Gasteiger partial charge in [0, 0.05) is 54.8 Å². The van der Waals surface area contributed by atoms with Crippen LogP contribution in [0.1, 0.15) is 17.8 Å². The molecule has 1 amide bonds. The van der Waals surface area contributed by atoms with Crippen molar-refractivity contribution in [1.82, 2.24) is 24.8 Å². The number of piperazine rings is 1. The summed E-state index contributed by atoms with van der Waals surface area (Å²) in [6.07, 6.45) is 5.51. The Morgan fingerprint density at radius 3 is 2.41 bits per heavy atom. The summed E-state index contributed by atoms with van der Waals surface area (Å²) in [7, 11) is 3.58. The first-order chi connectivity index (χ1) is 22.3. The Hall–Kier alpha value is -4.68. The van der Waals surface area contributed by atoms with E-state index in [4.69, 9.17) is 4.74 Å². The van der Waals surface area contributed by atoms with Crippen LogP contribution in [-0.2, 0) is 4.79 Å². The minimum atomic E-state index is -0.869. The van der Waals surface area contributed by atoms with Gasteiger partial charge in [-0.25, -0.2) is 13.8 Å². The maximum Gasteiger partial charge on any atom is 0.318 e. The van der Waals surface area contributed by atoms with Gasteiger partial charge >= 0.3 is 6.01 Å². The van der Waals surface area contributed by atoms with Crippen molar-refractivity contribution in [3.8, 4) is 22.9 Å². The van der Waals surface area contributed by atoms with Crippen molar-refractivity contribution in [2.75, 3.05) is 58.3 Å². The molecule has 0 spiro atoms. The lowest BCUT2D eigenvalue weighted by Crippen LogP contribution is -2.49. The topological polar surface area (TPSA) is 94.9 Å². The molecule has 9 nitrogen and oxygen atoms in total. The predicted molar refractivity (Wildman–Crippen MR) is 177 cm³/mol. The largest absolute Gasteiger partial charge is 0.508 e. The van der Waals surface area contributed by atoms with Gasteiger partial charge in [0.25, 0.3) is 5.91 Å². The van der Waals surface area contributed by atoms with Crippen LogP contribution in [0.4, 0.5) is 14.6 Å². The highest BCUT2D eigenvalue weighted by Crippen LogP contribution is 2.38. The number of fused-ring (bicyclic) bond motifs is 2. The van der Waals surface area contributed by atoms with Gasteiger partial charge in [-0.15, -0.1) is 11.3 Å². The molecule has 0 bridgehead atoms. The first kappa shape index (κ1) is 31.3. The summed E-state index contributed by atoms with van der Waals surface area (Å²) in [4.78, 5) is 31.1. The number of rotatable bonds is 5. The summed E-state index contributed by atoms with van der Waals surface area (Å²) >= 11 is 1.24. The molecule has 2 saturated heterocycles. The van der Waals surface area contributed by atoms with E-state index >= 15 is 4.39 Å². The Morgan fingerprint density at radius 1 is 0.978 bits per heavy atom. The van der Waals surface area contributed by atoms with Crippen molar-refractivity contribution >= 4 is 50.8 Å². The van der Waals surface area contributed by atoms with Gasteiger partial charge in [-0.3, -0.25) is 4.79 Å². The molecule has 0 unspecified atom stereocenters. The number of hydrogen-bond acceptors (Lipinski definition) is 9. The molecule has 0 aliphatic carbocycles. The summed E-state index contributed by atoms with van der Waals surface area (Å²) < 4.78 is 36.0.